The molecule has 0 spiro atoms. The van der Waals surface area contributed by atoms with Crippen LogP contribution in [0.1, 0.15) is 74.2 Å². The standard InChI is InChI=1S/C22H29N3O/c1-16-7-9-18(10-8-16)22(11-2-3-12-22)21-23-20(26-24-21)15-25-14-17-5-4-6-19(25)13-17/h7-10,17,19H,2-6,11-15H2,1H3/t17-,19+/m1/s1. The van der Waals surface area contributed by atoms with E-state index in [1.807, 2.05) is 0 Å². The van der Waals surface area contributed by atoms with Gasteiger partial charge in [-0.15, -0.1) is 0 Å². The molecule has 3 fully saturated rings. The van der Waals surface area contributed by atoms with Crippen molar-refractivity contribution in [1.82, 2.24) is 15.0 Å². The van der Waals surface area contributed by atoms with Gasteiger partial charge >= 0.3 is 0 Å². The third kappa shape index (κ3) is 2.79. The van der Waals surface area contributed by atoms with Gasteiger partial charge in [-0.2, -0.15) is 4.98 Å². The third-order valence-corrected chi connectivity index (χ3v) is 7.06. The molecule has 2 atom stereocenters. The average molecular weight is 351 g/mol. The van der Waals surface area contributed by atoms with Gasteiger partial charge in [0.25, 0.3) is 0 Å². The van der Waals surface area contributed by atoms with E-state index >= 15 is 0 Å². The predicted octanol–water partition coefficient (Wildman–Crippen LogP) is 4.61. The Morgan fingerprint density at radius 2 is 1.92 bits per heavy atom. The third-order valence-electron chi connectivity index (χ3n) is 7.06. The number of rotatable bonds is 4. The van der Waals surface area contributed by atoms with Gasteiger partial charge in [0, 0.05) is 12.6 Å². The van der Waals surface area contributed by atoms with Gasteiger partial charge in [-0.3, -0.25) is 4.90 Å². The van der Waals surface area contributed by atoms with Crippen molar-refractivity contribution < 1.29 is 4.52 Å². The van der Waals surface area contributed by atoms with Gasteiger partial charge < -0.3 is 4.52 Å². The largest absolute Gasteiger partial charge is 0.338 e. The number of hydrogen-bond donors (Lipinski definition) is 0. The Labute approximate surface area is 156 Å². The Morgan fingerprint density at radius 1 is 1.12 bits per heavy atom. The fraction of sp³-hybridized carbons (Fsp3) is 0.636. The van der Waals surface area contributed by atoms with Crippen LogP contribution in [0.2, 0.25) is 0 Å². The average Bonchev–Trinajstić information content (AvgIpc) is 3.37. The van der Waals surface area contributed by atoms with Crippen molar-refractivity contribution in [2.75, 3.05) is 6.54 Å². The molecule has 0 unspecified atom stereocenters. The highest BCUT2D eigenvalue weighted by Gasteiger charge is 2.42. The minimum atomic E-state index is -0.0453. The zero-order valence-electron chi connectivity index (χ0n) is 15.8. The van der Waals surface area contributed by atoms with E-state index in [9.17, 15) is 0 Å². The van der Waals surface area contributed by atoms with Crippen LogP contribution in [0.25, 0.3) is 0 Å². The molecular weight excluding hydrogens is 322 g/mol. The highest BCUT2D eigenvalue weighted by Crippen LogP contribution is 2.45. The van der Waals surface area contributed by atoms with Crippen LogP contribution in [0.15, 0.2) is 28.8 Å². The lowest BCUT2D eigenvalue weighted by atomic mass is 9.78. The van der Waals surface area contributed by atoms with Crippen molar-refractivity contribution >= 4 is 0 Å². The second kappa shape index (κ2) is 6.49. The van der Waals surface area contributed by atoms with E-state index in [0.29, 0.717) is 0 Å². The maximum atomic E-state index is 5.75. The second-order valence-corrected chi connectivity index (χ2v) is 8.78. The summed E-state index contributed by atoms with van der Waals surface area (Å²) >= 11 is 0. The number of benzene rings is 1. The minimum absolute atomic E-state index is 0.0453. The smallest absolute Gasteiger partial charge is 0.240 e. The molecule has 2 aromatic rings. The first-order valence-corrected chi connectivity index (χ1v) is 10.4. The Balaban J connectivity index is 1.40. The summed E-state index contributed by atoms with van der Waals surface area (Å²) in [4.78, 5) is 7.51. The Bertz CT molecular complexity index is 760. The minimum Gasteiger partial charge on any atom is -0.338 e. The van der Waals surface area contributed by atoms with Gasteiger partial charge in [-0.05, 0) is 50.5 Å². The van der Waals surface area contributed by atoms with Gasteiger partial charge in [-0.25, -0.2) is 0 Å². The Morgan fingerprint density at radius 3 is 2.69 bits per heavy atom. The molecule has 2 aliphatic carbocycles. The first kappa shape index (κ1) is 16.5. The molecular formula is C22H29N3O. The molecule has 2 bridgehead atoms. The Hall–Kier alpha value is -1.68. The van der Waals surface area contributed by atoms with Crippen molar-refractivity contribution in [3.05, 3.63) is 47.1 Å². The molecule has 1 aromatic carbocycles. The summed E-state index contributed by atoms with van der Waals surface area (Å²) in [5.41, 5.74) is 2.61. The van der Waals surface area contributed by atoms with Crippen LogP contribution in [0.4, 0.5) is 0 Å². The topological polar surface area (TPSA) is 42.2 Å². The van der Waals surface area contributed by atoms with Crippen molar-refractivity contribution in [2.45, 2.75) is 76.3 Å². The molecule has 2 heterocycles. The van der Waals surface area contributed by atoms with Gasteiger partial charge in [-0.1, -0.05) is 54.2 Å². The van der Waals surface area contributed by atoms with Crippen molar-refractivity contribution in [2.24, 2.45) is 5.92 Å². The van der Waals surface area contributed by atoms with Crippen LogP contribution >= 0.6 is 0 Å². The van der Waals surface area contributed by atoms with Crippen LogP contribution < -0.4 is 0 Å². The number of nitrogens with zero attached hydrogens (tertiary/aromatic N) is 3. The maximum absolute atomic E-state index is 5.75. The quantitative estimate of drug-likeness (QED) is 0.806. The van der Waals surface area contributed by atoms with Gasteiger partial charge in [0.1, 0.15) is 0 Å². The summed E-state index contributed by atoms with van der Waals surface area (Å²) in [5.74, 6) is 2.62. The second-order valence-electron chi connectivity index (χ2n) is 8.78. The van der Waals surface area contributed by atoms with Gasteiger partial charge in [0.2, 0.25) is 5.89 Å². The van der Waals surface area contributed by atoms with Crippen LogP contribution in [0, 0.1) is 12.8 Å². The zero-order valence-corrected chi connectivity index (χ0v) is 15.8. The maximum Gasteiger partial charge on any atom is 0.240 e. The fourth-order valence-corrected chi connectivity index (χ4v) is 5.61. The number of fused-ring (bicyclic) bond motifs is 2. The first-order chi connectivity index (χ1) is 12.7. The predicted molar refractivity (Wildman–Crippen MR) is 101 cm³/mol. The van der Waals surface area contributed by atoms with Crippen molar-refractivity contribution in [1.29, 1.82) is 0 Å². The number of aryl methyl sites for hydroxylation is 1. The molecule has 4 heteroatoms. The van der Waals surface area contributed by atoms with E-state index in [2.05, 4.69) is 41.2 Å². The van der Waals surface area contributed by atoms with Gasteiger partial charge in [0.05, 0.1) is 12.0 Å². The van der Waals surface area contributed by atoms with E-state index in [1.54, 1.807) is 0 Å². The van der Waals surface area contributed by atoms with E-state index < -0.39 is 0 Å². The molecule has 5 rings (SSSR count). The fourth-order valence-electron chi connectivity index (χ4n) is 5.61. The summed E-state index contributed by atoms with van der Waals surface area (Å²) in [7, 11) is 0. The molecule has 0 radical (unpaired) electrons. The lowest BCUT2D eigenvalue weighted by Crippen LogP contribution is -2.29. The van der Waals surface area contributed by atoms with Crippen molar-refractivity contribution in [3.63, 3.8) is 0 Å². The van der Waals surface area contributed by atoms with E-state index in [0.717, 1.165) is 43.1 Å². The molecule has 26 heavy (non-hydrogen) atoms. The molecule has 4 nitrogen and oxygen atoms in total. The molecule has 2 saturated carbocycles. The Kier molecular flexibility index (Phi) is 4.11. The molecule has 0 amide bonds. The van der Waals surface area contributed by atoms with E-state index in [-0.39, 0.29) is 5.41 Å². The summed E-state index contributed by atoms with van der Waals surface area (Å²) in [6, 6.07) is 9.68. The van der Waals surface area contributed by atoms with Crippen LogP contribution in [-0.2, 0) is 12.0 Å². The molecule has 3 aliphatic rings. The summed E-state index contributed by atoms with van der Waals surface area (Å²) in [6.07, 6.45) is 10.2. The molecule has 1 saturated heterocycles. The summed E-state index contributed by atoms with van der Waals surface area (Å²) in [5, 5.41) is 4.48. The van der Waals surface area contributed by atoms with E-state index in [4.69, 9.17) is 9.51 Å². The monoisotopic (exact) mass is 351 g/mol. The number of aromatic nitrogens is 2. The summed E-state index contributed by atoms with van der Waals surface area (Å²) in [6.45, 7) is 4.19. The molecule has 138 valence electrons. The van der Waals surface area contributed by atoms with Crippen LogP contribution in [0.3, 0.4) is 0 Å². The van der Waals surface area contributed by atoms with Crippen molar-refractivity contribution in [3.8, 4) is 0 Å². The molecule has 1 aliphatic heterocycles. The first-order valence-electron chi connectivity index (χ1n) is 10.4. The number of hydrogen-bond acceptors (Lipinski definition) is 4. The SMILES string of the molecule is Cc1ccc(C2(c3noc(CN4C[C@@H]5CCC[C@H]4C5)n3)CCCC2)cc1. The van der Waals surface area contributed by atoms with E-state index in [1.165, 1.54) is 56.2 Å². The highest BCUT2D eigenvalue weighted by atomic mass is 16.5. The summed E-state index contributed by atoms with van der Waals surface area (Å²) < 4.78 is 5.75. The normalized spacial score (nSPS) is 27.9. The van der Waals surface area contributed by atoms with Crippen LogP contribution in [-0.4, -0.2) is 27.6 Å². The lowest BCUT2D eigenvalue weighted by Gasteiger charge is -2.26. The molecule has 0 N–H and O–H groups in total. The van der Waals surface area contributed by atoms with Gasteiger partial charge in [0.15, 0.2) is 5.82 Å². The zero-order chi connectivity index (χ0) is 17.6. The number of likely N-dealkylation sites (tertiary alicyclic amines) is 1. The molecule has 1 aromatic heterocycles. The highest BCUT2D eigenvalue weighted by molar-refractivity contribution is 5.35. The lowest BCUT2D eigenvalue weighted by molar-refractivity contribution is 0.205. The van der Waals surface area contributed by atoms with Crippen LogP contribution in [0.5, 0.6) is 0 Å².